The van der Waals surface area contributed by atoms with Crippen molar-refractivity contribution in [2.75, 3.05) is 82.4 Å². The van der Waals surface area contributed by atoms with E-state index in [1.165, 1.54) is 24.3 Å². The molecule has 2 aromatic carbocycles. The van der Waals surface area contributed by atoms with Gasteiger partial charge in [0.25, 0.3) is 0 Å². The number of nitrogens with zero attached hydrogens (tertiary/aromatic N) is 7. The molecule has 4 rings (SSSR count). The van der Waals surface area contributed by atoms with Crippen LogP contribution in [0, 0.1) is 11.6 Å². The van der Waals surface area contributed by atoms with Gasteiger partial charge >= 0.3 is 0 Å². The fourth-order valence-electron chi connectivity index (χ4n) is 5.08. The predicted octanol–water partition coefficient (Wildman–Crippen LogP) is 3.86. The molecule has 1 saturated heterocycles. The number of anilines is 2. The largest absolute Gasteiger partial charge is 0.383 e. The second kappa shape index (κ2) is 17.2. The SMILES string of the molecule is C=C(c1ccc(F)cc1)N(CCCN(CCNC=O)c1cc(N2CCN(CCOC)CC2)ncn1)/N=C(\C)c1ccc(F)cc1. The third-order valence-corrected chi connectivity index (χ3v) is 7.70. The number of carbonyl (C=O) groups is 1. The van der Waals surface area contributed by atoms with Crippen LogP contribution in [0.3, 0.4) is 0 Å². The Kier molecular flexibility index (Phi) is 12.8. The van der Waals surface area contributed by atoms with Gasteiger partial charge in [-0.25, -0.2) is 18.7 Å². The summed E-state index contributed by atoms with van der Waals surface area (Å²) in [5, 5.41) is 9.37. The second-order valence-corrected chi connectivity index (χ2v) is 10.7. The van der Waals surface area contributed by atoms with E-state index < -0.39 is 0 Å². The van der Waals surface area contributed by atoms with Crippen molar-refractivity contribution in [2.24, 2.45) is 5.10 Å². The zero-order valence-electron chi connectivity index (χ0n) is 26.0. The van der Waals surface area contributed by atoms with Crippen LogP contribution in [-0.2, 0) is 9.53 Å². The molecular weight excluding hydrogens is 578 g/mol. The number of nitrogens with one attached hydrogen (secondary N) is 1. The van der Waals surface area contributed by atoms with Gasteiger partial charge in [-0.05, 0) is 60.9 Å². The van der Waals surface area contributed by atoms with Crippen LogP contribution in [0.2, 0.25) is 0 Å². The summed E-state index contributed by atoms with van der Waals surface area (Å²) in [6.45, 7) is 13.4. The lowest BCUT2D eigenvalue weighted by molar-refractivity contribution is -0.109. The summed E-state index contributed by atoms with van der Waals surface area (Å²) in [4.78, 5) is 26.9. The van der Waals surface area contributed by atoms with Gasteiger partial charge in [-0.2, -0.15) is 5.10 Å². The second-order valence-electron chi connectivity index (χ2n) is 10.7. The van der Waals surface area contributed by atoms with E-state index in [1.54, 1.807) is 42.7 Å². The first kappa shape index (κ1) is 33.5. The number of ether oxygens (including phenoxy) is 1. The number of carbonyl (C=O) groups excluding carboxylic acids is 1. The van der Waals surface area contributed by atoms with Crippen LogP contribution in [0.4, 0.5) is 20.4 Å². The molecule has 3 aromatic rings. The van der Waals surface area contributed by atoms with E-state index in [9.17, 15) is 13.6 Å². The molecule has 0 spiro atoms. The van der Waals surface area contributed by atoms with Crippen molar-refractivity contribution in [1.82, 2.24) is 25.2 Å². The predicted molar refractivity (Wildman–Crippen MR) is 174 cm³/mol. The Bertz CT molecular complexity index is 1400. The number of rotatable bonds is 17. The fraction of sp³-hybridized carbons (Fsp3) is 0.394. The minimum Gasteiger partial charge on any atom is -0.383 e. The molecule has 0 radical (unpaired) electrons. The number of benzene rings is 2. The Morgan fingerprint density at radius 3 is 2.31 bits per heavy atom. The van der Waals surface area contributed by atoms with Gasteiger partial charge < -0.3 is 19.9 Å². The standard InChI is InChI=1S/C33H42F2N8O2/c1-26(28-5-9-30(34)10-6-28)39-43(27(2)29-7-11-31(35)12-8-29)15-4-14-41(16-13-36-25-44)32-23-33(38-24-37-32)42-19-17-40(18-20-42)21-22-45-3/h5-12,23-25H,2,4,13-22H2,1,3H3,(H,36,44)/b39-26+. The molecular formula is C33H42F2N8O2. The van der Waals surface area contributed by atoms with Gasteiger partial charge in [0, 0.05) is 72.1 Å². The third-order valence-electron chi connectivity index (χ3n) is 7.70. The number of hydrogen-bond acceptors (Lipinski definition) is 9. The number of hydrazone groups is 1. The van der Waals surface area contributed by atoms with Crippen LogP contribution in [0.15, 0.2) is 72.6 Å². The molecule has 1 fully saturated rings. The Balaban J connectivity index is 1.48. The summed E-state index contributed by atoms with van der Waals surface area (Å²) in [6.07, 6.45) is 2.94. The summed E-state index contributed by atoms with van der Waals surface area (Å²) < 4.78 is 32.4. The summed E-state index contributed by atoms with van der Waals surface area (Å²) >= 11 is 0. The molecule has 1 aliphatic rings. The van der Waals surface area contributed by atoms with Crippen molar-refractivity contribution in [3.63, 3.8) is 0 Å². The molecule has 0 saturated carbocycles. The third kappa shape index (κ3) is 10.0. The van der Waals surface area contributed by atoms with E-state index in [0.29, 0.717) is 57.0 Å². The highest BCUT2D eigenvalue weighted by atomic mass is 19.1. The van der Waals surface area contributed by atoms with Crippen molar-refractivity contribution in [2.45, 2.75) is 13.3 Å². The number of piperazine rings is 1. The molecule has 1 aliphatic heterocycles. The lowest BCUT2D eigenvalue weighted by Gasteiger charge is -2.35. The zero-order valence-corrected chi connectivity index (χ0v) is 26.0. The smallest absolute Gasteiger partial charge is 0.207 e. The minimum absolute atomic E-state index is 0.319. The lowest BCUT2D eigenvalue weighted by Crippen LogP contribution is -2.47. The number of aromatic nitrogens is 2. The van der Waals surface area contributed by atoms with Gasteiger partial charge in [-0.1, -0.05) is 18.7 Å². The van der Waals surface area contributed by atoms with Crippen molar-refractivity contribution in [3.8, 4) is 0 Å². The topological polar surface area (TPSA) is 89.4 Å². The fourth-order valence-corrected chi connectivity index (χ4v) is 5.08. The van der Waals surface area contributed by atoms with E-state index >= 15 is 0 Å². The molecule has 0 atom stereocenters. The van der Waals surface area contributed by atoms with Crippen molar-refractivity contribution >= 4 is 29.5 Å². The van der Waals surface area contributed by atoms with Crippen molar-refractivity contribution < 1.29 is 18.3 Å². The maximum atomic E-state index is 13.7. The van der Waals surface area contributed by atoms with E-state index in [2.05, 4.69) is 36.6 Å². The van der Waals surface area contributed by atoms with Crippen molar-refractivity contribution in [1.29, 1.82) is 0 Å². The lowest BCUT2D eigenvalue weighted by atomic mass is 10.1. The van der Waals surface area contributed by atoms with Gasteiger partial charge in [0.1, 0.15) is 29.6 Å². The minimum atomic E-state index is -0.333. The number of amides is 1. The first-order valence-corrected chi connectivity index (χ1v) is 15.1. The van der Waals surface area contributed by atoms with Gasteiger partial charge in [0.2, 0.25) is 6.41 Å². The maximum Gasteiger partial charge on any atom is 0.207 e. The van der Waals surface area contributed by atoms with E-state index in [0.717, 1.165) is 55.5 Å². The molecule has 1 amide bonds. The molecule has 240 valence electrons. The number of halogens is 2. The summed E-state index contributed by atoms with van der Waals surface area (Å²) in [5.41, 5.74) is 2.82. The van der Waals surface area contributed by atoms with E-state index in [-0.39, 0.29) is 11.6 Å². The molecule has 0 unspecified atom stereocenters. The molecule has 0 aliphatic carbocycles. The Labute approximate surface area is 264 Å². The Hall–Kier alpha value is -4.42. The molecule has 10 nitrogen and oxygen atoms in total. The van der Waals surface area contributed by atoms with Gasteiger partial charge in [-0.15, -0.1) is 0 Å². The average Bonchev–Trinajstić information content (AvgIpc) is 3.06. The Morgan fingerprint density at radius 2 is 1.67 bits per heavy atom. The van der Waals surface area contributed by atoms with Crippen LogP contribution < -0.4 is 15.1 Å². The molecule has 12 heteroatoms. The van der Waals surface area contributed by atoms with Crippen molar-refractivity contribution in [3.05, 3.63) is 90.3 Å². The van der Waals surface area contributed by atoms with Gasteiger partial charge in [0.15, 0.2) is 0 Å². The summed E-state index contributed by atoms with van der Waals surface area (Å²) in [5.74, 6) is 0.983. The maximum absolute atomic E-state index is 13.7. The van der Waals surface area contributed by atoms with Crippen LogP contribution >= 0.6 is 0 Å². The summed E-state index contributed by atoms with van der Waals surface area (Å²) in [6, 6.07) is 14.3. The van der Waals surface area contributed by atoms with Gasteiger partial charge in [-0.3, -0.25) is 14.7 Å². The quantitative estimate of drug-likeness (QED) is 0.105. The van der Waals surface area contributed by atoms with Crippen LogP contribution in [-0.4, -0.2) is 105 Å². The van der Waals surface area contributed by atoms with Gasteiger partial charge in [0.05, 0.1) is 18.0 Å². The first-order valence-electron chi connectivity index (χ1n) is 15.1. The van der Waals surface area contributed by atoms with Crippen LogP contribution in [0.25, 0.3) is 5.70 Å². The Morgan fingerprint density at radius 1 is 1.00 bits per heavy atom. The highest BCUT2D eigenvalue weighted by Gasteiger charge is 2.20. The molecule has 1 N–H and O–H groups in total. The van der Waals surface area contributed by atoms with E-state index in [4.69, 9.17) is 9.84 Å². The first-order chi connectivity index (χ1) is 21.9. The molecule has 1 aromatic heterocycles. The zero-order chi connectivity index (χ0) is 32.0. The number of hydrogen-bond donors (Lipinski definition) is 1. The monoisotopic (exact) mass is 620 g/mol. The highest BCUT2D eigenvalue weighted by Crippen LogP contribution is 2.22. The highest BCUT2D eigenvalue weighted by molar-refractivity contribution is 5.98. The number of methoxy groups -OCH3 is 1. The normalized spacial score (nSPS) is 13.9. The van der Waals surface area contributed by atoms with Crippen LogP contribution in [0.5, 0.6) is 0 Å². The average molecular weight is 621 g/mol. The van der Waals surface area contributed by atoms with E-state index in [1.807, 2.05) is 13.0 Å². The molecule has 45 heavy (non-hydrogen) atoms. The van der Waals surface area contributed by atoms with Crippen LogP contribution in [0.1, 0.15) is 24.5 Å². The molecule has 2 heterocycles. The molecule has 0 bridgehead atoms. The summed E-state index contributed by atoms with van der Waals surface area (Å²) in [7, 11) is 1.72.